The molecule has 140 valence electrons. The number of rotatable bonds is 7. The Kier molecular flexibility index (Phi) is 5.60. The number of carboxylic acids is 1. The van der Waals surface area contributed by atoms with Crippen molar-refractivity contribution in [3.8, 4) is 0 Å². The second kappa shape index (κ2) is 8.07. The van der Waals surface area contributed by atoms with Crippen LogP contribution >= 0.6 is 0 Å². The summed E-state index contributed by atoms with van der Waals surface area (Å²) in [6.07, 6.45) is 10.3. The van der Waals surface area contributed by atoms with E-state index < -0.39 is 11.9 Å². The van der Waals surface area contributed by atoms with E-state index in [1.807, 2.05) is 7.05 Å². The number of hydrogen-bond donors (Lipinski definition) is 4. The topological polar surface area (TPSA) is 108 Å². The number of aromatic nitrogens is 2. The van der Waals surface area contributed by atoms with Crippen LogP contribution in [0, 0.1) is 5.92 Å². The third-order valence-corrected chi connectivity index (χ3v) is 4.73. The van der Waals surface area contributed by atoms with Crippen molar-refractivity contribution in [2.24, 2.45) is 5.92 Å². The minimum atomic E-state index is -0.868. The Morgan fingerprint density at radius 2 is 2.12 bits per heavy atom. The Balaban J connectivity index is 1.77. The Morgan fingerprint density at radius 3 is 2.77 bits per heavy atom. The summed E-state index contributed by atoms with van der Waals surface area (Å²) in [5, 5.41) is 18.9. The average molecular weight is 359 g/mol. The third kappa shape index (κ3) is 4.07. The highest BCUT2D eigenvalue weighted by atomic mass is 16.5. The van der Waals surface area contributed by atoms with Gasteiger partial charge < -0.3 is 25.8 Å². The summed E-state index contributed by atoms with van der Waals surface area (Å²) in [6.45, 7) is 0. The van der Waals surface area contributed by atoms with Crippen LogP contribution in [0.1, 0.15) is 32.1 Å². The fourth-order valence-corrected chi connectivity index (χ4v) is 3.27. The molecule has 1 saturated carbocycles. The molecule has 2 aliphatic rings. The highest BCUT2D eigenvalue weighted by Crippen LogP contribution is 2.28. The number of nitrogens with one attached hydrogen (secondary N) is 3. The zero-order chi connectivity index (χ0) is 18.5. The maximum atomic E-state index is 11.2. The number of carboxylic acid groups (broad SMARTS) is 1. The Morgan fingerprint density at radius 1 is 1.35 bits per heavy atom. The second-order valence-electron chi connectivity index (χ2n) is 6.49. The molecule has 8 heteroatoms. The van der Waals surface area contributed by atoms with Crippen molar-refractivity contribution in [1.82, 2.24) is 9.97 Å². The van der Waals surface area contributed by atoms with Crippen LogP contribution in [0.4, 0.5) is 17.5 Å². The predicted octanol–water partition coefficient (Wildman–Crippen LogP) is 2.80. The maximum Gasteiger partial charge on any atom is 0.310 e. The molecule has 1 aromatic rings. The molecule has 0 aliphatic heterocycles. The lowest BCUT2D eigenvalue weighted by atomic mass is 9.98. The quantitative estimate of drug-likeness (QED) is 0.588. The summed E-state index contributed by atoms with van der Waals surface area (Å²) < 4.78 is 5.32. The minimum absolute atomic E-state index is 0.395. The molecule has 0 aromatic carbocycles. The van der Waals surface area contributed by atoms with Crippen molar-refractivity contribution >= 4 is 23.4 Å². The number of ether oxygens (including phenoxy) is 1. The zero-order valence-electron chi connectivity index (χ0n) is 15.1. The smallest absolute Gasteiger partial charge is 0.310 e. The van der Waals surface area contributed by atoms with E-state index in [4.69, 9.17) is 9.84 Å². The van der Waals surface area contributed by atoms with Gasteiger partial charge in [-0.2, -0.15) is 4.98 Å². The highest BCUT2D eigenvalue weighted by Gasteiger charge is 2.23. The van der Waals surface area contributed by atoms with E-state index in [-0.39, 0.29) is 0 Å². The van der Waals surface area contributed by atoms with Crippen LogP contribution in [0.3, 0.4) is 0 Å². The van der Waals surface area contributed by atoms with Crippen molar-refractivity contribution in [1.29, 1.82) is 0 Å². The van der Waals surface area contributed by atoms with Crippen LogP contribution in [-0.2, 0) is 9.53 Å². The summed E-state index contributed by atoms with van der Waals surface area (Å²) in [5.41, 5.74) is 1.52. The molecule has 8 nitrogen and oxygen atoms in total. The second-order valence-corrected chi connectivity index (χ2v) is 6.49. The van der Waals surface area contributed by atoms with Gasteiger partial charge in [0.15, 0.2) is 5.82 Å². The molecule has 0 bridgehead atoms. The first-order valence-electron chi connectivity index (χ1n) is 8.88. The van der Waals surface area contributed by atoms with Crippen molar-refractivity contribution < 1.29 is 14.6 Å². The van der Waals surface area contributed by atoms with Crippen molar-refractivity contribution in [2.75, 3.05) is 30.1 Å². The molecule has 1 atom stereocenters. The molecule has 1 fully saturated rings. The standard InChI is InChI=1S/C18H25N5O3/c1-19-14-10-20-18(23-16(14)21-12-5-3-4-6-12)22-13-8-7-11(17(24)25)9-15(13)26-2/h8-12,19H,3-7H2,1-2H3,(H,24,25)(H2,20,21,22,23). The van der Waals surface area contributed by atoms with Gasteiger partial charge in [0.25, 0.3) is 0 Å². The summed E-state index contributed by atoms with van der Waals surface area (Å²) in [6, 6.07) is 0.435. The van der Waals surface area contributed by atoms with Crippen LogP contribution in [0.5, 0.6) is 0 Å². The molecule has 0 radical (unpaired) electrons. The molecule has 0 spiro atoms. The Labute approximate surface area is 152 Å². The zero-order valence-corrected chi connectivity index (χ0v) is 15.1. The van der Waals surface area contributed by atoms with Gasteiger partial charge in [-0.25, -0.2) is 4.98 Å². The first-order valence-corrected chi connectivity index (χ1v) is 8.88. The number of hydrogen-bond acceptors (Lipinski definition) is 7. The summed E-state index contributed by atoms with van der Waals surface area (Å²) in [5.74, 6) is 0.234. The number of nitrogens with zero attached hydrogens (tertiary/aromatic N) is 2. The van der Waals surface area contributed by atoms with Gasteiger partial charge in [0.2, 0.25) is 5.95 Å². The van der Waals surface area contributed by atoms with E-state index in [2.05, 4.69) is 25.9 Å². The number of aliphatic carboxylic acids is 1. The lowest BCUT2D eigenvalue weighted by Gasteiger charge is -2.20. The lowest BCUT2D eigenvalue weighted by molar-refractivity contribution is -0.140. The van der Waals surface area contributed by atoms with Crippen LogP contribution in [0.25, 0.3) is 0 Å². The van der Waals surface area contributed by atoms with Crippen LogP contribution in [-0.4, -0.2) is 41.2 Å². The number of methoxy groups -OCH3 is 1. The number of carbonyl (C=O) groups is 1. The average Bonchev–Trinajstić information content (AvgIpc) is 3.15. The van der Waals surface area contributed by atoms with Gasteiger partial charge in [-0.3, -0.25) is 4.79 Å². The highest BCUT2D eigenvalue weighted by molar-refractivity contribution is 5.73. The minimum Gasteiger partial charge on any atom is -0.495 e. The van der Waals surface area contributed by atoms with Gasteiger partial charge in [-0.15, -0.1) is 0 Å². The van der Waals surface area contributed by atoms with E-state index in [9.17, 15) is 4.79 Å². The first-order chi connectivity index (χ1) is 12.6. The molecule has 1 aromatic heterocycles. The van der Waals surface area contributed by atoms with Crippen molar-refractivity contribution in [3.63, 3.8) is 0 Å². The molecule has 1 heterocycles. The molecule has 0 saturated heterocycles. The van der Waals surface area contributed by atoms with Crippen LogP contribution < -0.4 is 16.0 Å². The number of anilines is 3. The van der Waals surface area contributed by atoms with Crippen molar-refractivity contribution in [2.45, 2.75) is 38.1 Å². The normalized spacial score (nSPS) is 20.2. The first kappa shape index (κ1) is 18.0. The van der Waals surface area contributed by atoms with Crippen LogP contribution in [0.15, 0.2) is 29.8 Å². The van der Waals surface area contributed by atoms with Gasteiger partial charge in [0, 0.05) is 13.1 Å². The molecule has 0 amide bonds. The van der Waals surface area contributed by atoms with E-state index in [0.717, 1.165) is 24.3 Å². The lowest BCUT2D eigenvalue weighted by Crippen LogP contribution is -2.20. The predicted molar refractivity (Wildman–Crippen MR) is 100.0 cm³/mol. The van der Waals surface area contributed by atoms with E-state index >= 15 is 0 Å². The number of allylic oxidation sites excluding steroid dienone is 1. The molecule has 4 N–H and O–H groups in total. The van der Waals surface area contributed by atoms with E-state index in [0.29, 0.717) is 29.9 Å². The molecular weight excluding hydrogens is 334 g/mol. The maximum absolute atomic E-state index is 11.2. The van der Waals surface area contributed by atoms with Gasteiger partial charge in [-0.1, -0.05) is 18.9 Å². The third-order valence-electron chi connectivity index (χ3n) is 4.73. The molecule has 3 rings (SSSR count). The fraction of sp³-hybridized carbons (Fsp3) is 0.500. The Bertz CT molecular complexity index is 726. The largest absolute Gasteiger partial charge is 0.495 e. The molecule has 1 unspecified atom stereocenters. The Hall–Kier alpha value is -2.77. The SMILES string of the molecule is CNc1cnc(NC2=CCC(C(=O)O)C=C2OC)nc1NC1CCCC1. The van der Waals surface area contributed by atoms with E-state index in [1.165, 1.54) is 20.0 Å². The summed E-state index contributed by atoms with van der Waals surface area (Å²) >= 11 is 0. The molecular formula is C18H25N5O3. The fourth-order valence-electron chi connectivity index (χ4n) is 3.27. The van der Waals surface area contributed by atoms with Gasteiger partial charge in [0.1, 0.15) is 5.76 Å². The van der Waals surface area contributed by atoms with Gasteiger partial charge in [0.05, 0.1) is 30.6 Å². The molecule has 26 heavy (non-hydrogen) atoms. The molecule has 2 aliphatic carbocycles. The van der Waals surface area contributed by atoms with Crippen LogP contribution in [0.2, 0.25) is 0 Å². The summed E-state index contributed by atoms with van der Waals surface area (Å²) in [4.78, 5) is 20.1. The van der Waals surface area contributed by atoms with E-state index in [1.54, 1.807) is 18.3 Å². The van der Waals surface area contributed by atoms with Gasteiger partial charge >= 0.3 is 5.97 Å². The summed E-state index contributed by atoms with van der Waals surface area (Å²) in [7, 11) is 3.36. The van der Waals surface area contributed by atoms with Gasteiger partial charge in [-0.05, 0) is 25.3 Å². The monoisotopic (exact) mass is 359 g/mol. The van der Waals surface area contributed by atoms with Crippen molar-refractivity contribution in [3.05, 3.63) is 29.8 Å².